The van der Waals surface area contributed by atoms with Crippen LogP contribution in [0.25, 0.3) is 0 Å². The van der Waals surface area contributed by atoms with Gasteiger partial charge < -0.3 is 8.85 Å². The third-order valence-corrected chi connectivity index (χ3v) is 7.00. The van der Waals surface area contributed by atoms with Gasteiger partial charge in [-0.15, -0.1) is 0 Å². The minimum atomic E-state index is -2.97. The van der Waals surface area contributed by atoms with Gasteiger partial charge in [-0.05, 0) is 31.1 Å². The molecule has 0 unspecified atom stereocenters. The van der Waals surface area contributed by atoms with Gasteiger partial charge in [0.15, 0.2) is 0 Å². The van der Waals surface area contributed by atoms with Crippen LogP contribution in [-0.2, 0) is 8.85 Å². The van der Waals surface area contributed by atoms with Crippen molar-refractivity contribution in [2.24, 2.45) is 0 Å². The first kappa shape index (κ1) is 18.1. The molecular weight excluding hydrogens is 314 g/mol. The number of hydrogen-bond donors (Lipinski definition) is 0. The molecule has 0 atom stereocenters. The molecule has 0 heterocycles. The lowest BCUT2D eigenvalue weighted by molar-refractivity contribution is 0.0820. The van der Waals surface area contributed by atoms with E-state index in [0.717, 1.165) is 10.4 Å². The van der Waals surface area contributed by atoms with Crippen molar-refractivity contribution < 1.29 is 8.85 Å². The fraction of sp³-hybridized carbons (Fsp3) is 0.250. The van der Waals surface area contributed by atoms with E-state index < -0.39 is 14.2 Å². The zero-order valence-corrected chi connectivity index (χ0v) is 15.5. The first-order valence-electron chi connectivity index (χ1n) is 7.90. The van der Waals surface area contributed by atoms with Crippen molar-refractivity contribution in [3.05, 3.63) is 72.8 Å². The van der Waals surface area contributed by atoms with E-state index in [4.69, 9.17) is 14.1 Å². The SMILES string of the molecule is C=C(C#N)CO[Si](OC(C)(C)C)(c1ccccc1)c1ccccc1. The molecule has 124 valence electrons. The van der Waals surface area contributed by atoms with Crippen LogP contribution in [0.2, 0.25) is 0 Å². The van der Waals surface area contributed by atoms with Gasteiger partial charge in [0.1, 0.15) is 0 Å². The minimum absolute atomic E-state index is 0.155. The maximum atomic E-state index is 9.05. The van der Waals surface area contributed by atoms with Crippen LogP contribution < -0.4 is 10.4 Å². The van der Waals surface area contributed by atoms with Crippen molar-refractivity contribution in [3.63, 3.8) is 0 Å². The zero-order chi connectivity index (χ0) is 17.6. The van der Waals surface area contributed by atoms with Crippen molar-refractivity contribution in [3.8, 4) is 6.07 Å². The molecule has 0 aliphatic rings. The molecule has 0 spiro atoms. The molecule has 0 aliphatic carbocycles. The van der Waals surface area contributed by atoms with Gasteiger partial charge in [-0.3, -0.25) is 0 Å². The maximum Gasteiger partial charge on any atom is 0.407 e. The predicted molar refractivity (Wildman–Crippen MR) is 99.4 cm³/mol. The summed E-state index contributed by atoms with van der Waals surface area (Å²) < 4.78 is 12.9. The fourth-order valence-electron chi connectivity index (χ4n) is 2.45. The number of nitrogens with zero attached hydrogens (tertiary/aromatic N) is 1. The van der Waals surface area contributed by atoms with Gasteiger partial charge in [0, 0.05) is 5.57 Å². The molecule has 2 rings (SSSR count). The summed E-state index contributed by atoms with van der Waals surface area (Å²) >= 11 is 0. The van der Waals surface area contributed by atoms with E-state index in [0.29, 0.717) is 5.57 Å². The summed E-state index contributed by atoms with van der Waals surface area (Å²) in [7, 11) is -2.97. The molecule has 4 heteroatoms. The lowest BCUT2D eigenvalue weighted by Crippen LogP contribution is -2.66. The molecule has 0 amide bonds. The zero-order valence-electron chi connectivity index (χ0n) is 14.5. The summed E-state index contributed by atoms with van der Waals surface area (Å²) in [5.41, 5.74) is -0.0115. The highest BCUT2D eigenvalue weighted by Crippen LogP contribution is 2.19. The topological polar surface area (TPSA) is 42.2 Å². The Hall–Kier alpha value is -2.19. The van der Waals surface area contributed by atoms with Gasteiger partial charge in [-0.1, -0.05) is 67.2 Å². The molecule has 3 nitrogen and oxygen atoms in total. The number of hydrogen-bond acceptors (Lipinski definition) is 3. The maximum absolute atomic E-state index is 9.05. The van der Waals surface area contributed by atoms with Crippen molar-refractivity contribution in [2.45, 2.75) is 26.4 Å². The quantitative estimate of drug-likeness (QED) is 0.601. The molecule has 0 aliphatic heterocycles. The molecule has 0 aromatic heterocycles. The molecule has 0 fully saturated rings. The van der Waals surface area contributed by atoms with Gasteiger partial charge in [0.25, 0.3) is 0 Å². The second kappa shape index (κ2) is 7.58. The van der Waals surface area contributed by atoms with E-state index in [9.17, 15) is 0 Å². The normalized spacial score (nSPS) is 11.8. The number of rotatable bonds is 6. The second-order valence-electron chi connectivity index (χ2n) is 6.57. The van der Waals surface area contributed by atoms with Gasteiger partial charge in [-0.2, -0.15) is 5.26 Å². The molecule has 2 aromatic rings. The largest absolute Gasteiger partial charge is 0.407 e. The van der Waals surface area contributed by atoms with Crippen molar-refractivity contribution in [2.75, 3.05) is 6.61 Å². The Labute approximate surface area is 145 Å². The van der Waals surface area contributed by atoms with Crippen LogP contribution in [-0.4, -0.2) is 20.8 Å². The number of nitriles is 1. The van der Waals surface area contributed by atoms with Crippen molar-refractivity contribution in [1.29, 1.82) is 5.26 Å². The van der Waals surface area contributed by atoms with Gasteiger partial charge in [0.2, 0.25) is 0 Å². The smallest absolute Gasteiger partial charge is 0.383 e. The van der Waals surface area contributed by atoms with Crippen LogP contribution in [0.1, 0.15) is 20.8 Å². The summed E-state index contributed by atoms with van der Waals surface area (Å²) in [4.78, 5) is 0. The summed E-state index contributed by atoms with van der Waals surface area (Å²) in [6, 6.07) is 22.0. The average molecular weight is 337 g/mol. The summed E-state index contributed by atoms with van der Waals surface area (Å²) in [6.07, 6.45) is 0. The molecule has 0 bridgehead atoms. The Morgan fingerprint density at radius 2 is 1.46 bits per heavy atom. The summed E-state index contributed by atoms with van der Waals surface area (Å²) in [5, 5.41) is 11.1. The van der Waals surface area contributed by atoms with E-state index >= 15 is 0 Å². The lowest BCUT2D eigenvalue weighted by Gasteiger charge is -2.37. The van der Waals surface area contributed by atoms with Crippen LogP contribution in [0, 0.1) is 11.3 Å². The van der Waals surface area contributed by atoms with E-state index in [-0.39, 0.29) is 6.61 Å². The molecular formula is C20H23NO2Si. The minimum Gasteiger partial charge on any atom is -0.383 e. The first-order valence-corrected chi connectivity index (χ1v) is 9.72. The first-order chi connectivity index (χ1) is 11.4. The Morgan fingerprint density at radius 1 is 1.00 bits per heavy atom. The molecule has 0 saturated heterocycles. The van der Waals surface area contributed by atoms with Crippen LogP contribution in [0.3, 0.4) is 0 Å². The third kappa shape index (κ3) is 4.42. The molecule has 2 aromatic carbocycles. The van der Waals surface area contributed by atoms with E-state index in [1.807, 2.05) is 81.4 Å². The highest BCUT2D eigenvalue weighted by molar-refractivity contribution is 6.92. The third-order valence-electron chi connectivity index (χ3n) is 3.37. The Morgan fingerprint density at radius 3 is 1.83 bits per heavy atom. The Kier molecular flexibility index (Phi) is 5.74. The van der Waals surface area contributed by atoms with Crippen LogP contribution >= 0.6 is 0 Å². The van der Waals surface area contributed by atoms with Gasteiger partial charge >= 0.3 is 8.56 Å². The summed E-state index contributed by atoms with van der Waals surface area (Å²) in [6.45, 7) is 9.95. The monoisotopic (exact) mass is 337 g/mol. The van der Waals surface area contributed by atoms with Crippen molar-refractivity contribution >= 4 is 18.9 Å². The van der Waals surface area contributed by atoms with Crippen molar-refractivity contribution in [1.82, 2.24) is 0 Å². The van der Waals surface area contributed by atoms with Crippen LogP contribution in [0.4, 0.5) is 0 Å². The standard InChI is InChI=1S/C20H23NO2Si/c1-17(15-21)16-22-24(23-20(2,3)4,18-11-7-5-8-12-18)19-13-9-6-10-14-19/h5-14H,1,16H2,2-4H3. The highest BCUT2D eigenvalue weighted by atomic mass is 28.4. The Bertz CT molecular complexity index is 675. The molecule has 24 heavy (non-hydrogen) atoms. The van der Waals surface area contributed by atoms with E-state index in [1.165, 1.54) is 0 Å². The van der Waals surface area contributed by atoms with Gasteiger partial charge in [-0.25, -0.2) is 0 Å². The second-order valence-corrected chi connectivity index (χ2v) is 9.45. The highest BCUT2D eigenvalue weighted by Gasteiger charge is 2.45. The fourth-order valence-corrected chi connectivity index (χ4v) is 5.91. The van der Waals surface area contributed by atoms with Gasteiger partial charge in [0.05, 0.1) is 18.3 Å². The molecule has 0 radical (unpaired) electrons. The Balaban J connectivity index is 2.59. The van der Waals surface area contributed by atoms with E-state index in [1.54, 1.807) is 0 Å². The van der Waals surface area contributed by atoms with Crippen LogP contribution in [0.15, 0.2) is 72.8 Å². The van der Waals surface area contributed by atoms with E-state index in [2.05, 4.69) is 12.6 Å². The lowest BCUT2D eigenvalue weighted by atomic mass is 10.2. The average Bonchev–Trinajstić information content (AvgIpc) is 2.59. The molecule has 0 N–H and O–H groups in total. The molecule has 0 saturated carbocycles. The predicted octanol–water partition coefficient (Wildman–Crippen LogP) is 3.15. The summed E-state index contributed by atoms with van der Waals surface area (Å²) in [5.74, 6) is 0. The number of benzene rings is 2. The van der Waals surface area contributed by atoms with Crippen LogP contribution in [0.5, 0.6) is 0 Å².